The second-order valence-corrected chi connectivity index (χ2v) is 2.63. The van der Waals surface area contributed by atoms with Crippen molar-refractivity contribution in [1.29, 1.82) is 5.26 Å². The smallest absolute Gasteiger partial charge is 0.423 e. The molecule has 1 aromatic carbocycles. The summed E-state index contributed by atoms with van der Waals surface area (Å²) in [6.07, 6.45) is -0.615. The normalized spacial score (nSPS) is 20.3. The van der Waals surface area contributed by atoms with E-state index in [9.17, 15) is 5.02 Å². The Morgan fingerprint density at radius 2 is 2.25 bits per heavy atom. The second-order valence-electron chi connectivity index (χ2n) is 2.63. The van der Waals surface area contributed by atoms with E-state index >= 15 is 0 Å². The molecule has 0 saturated carbocycles. The molecule has 58 valence electrons. The van der Waals surface area contributed by atoms with Crippen LogP contribution in [0.1, 0.15) is 11.7 Å². The largest absolute Gasteiger partial charge is 0.492 e. The van der Waals surface area contributed by atoms with Crippen LogP contribution in [-0.4, -0.2) is 12.1 Å². The molecule has 1 aliphatic rings. The van der Waals surface area contributed by atoms with Crippen molar-refractivity contribution in [2.45, 2.75) is 6.10 Å². The topological polar surface area (TPSA) is 53.2 Å². The highest BCUT2D eigenvalue weighted by Gasteiger charge is 2.34. The van der Waals surface area contributed by atoms with Gasteiger partial charge in [-0.05, 0) is 11.0 Å². The summed E-state index contributed by atoms with van der Waals surface area (Å²) in [7, 11) is -0.939. The van der Waals surface area contributed by atoms with Crippen molar-refractivity contribution in [3.8, 4) is 6.07 Å². The summed E-state index contributed by atoms with van der Waals surface area (Å²) in [6, 6.07) is 9.16. The van der Waals surface area contributed by atoms with Crippen molar-refractivity contribution >= 4 is 12.6 Å². The molecule has 4 heteroatoms. The maximum absolute atomic E-state index is 9.31. The lowest BCUT2D eigenvalue weighted by molar-refractivity contribution is 0.239. The van der Waals surface area contributed by atoms with Crippen molar-refractivity contribution in [1.82, 2.24) is 0 Å². The van der Waals surface area contributed by atoms with Gasteiger partial charge in [0, 0.05) is 0 Å². The van der Waals surface area contributed by atoms with E-state index < -0.39 is 13.2 Å². The predicted molar refractivity (Wildman–Crippen MR) is 43.5 cm³/mol. The molecule has 3 nitrogen and oxygen atoms in total. The Hall–Kier alpha value is -1.31. The number of fused-ring (bicyclic) bond motifs is 1. The van der Waals surface area contributed by atoms with Gasteiger partial charge in [-0.15, -0.1) is 0 Å². The third-order valence-electron chi connectivity index (χ3n) is 1.93. The third kappa shape index (κ3) is 0.917. The van der Waals surface area contributed by atoms with Crippen LogP contribution < -0.4 is 5.46 Å². The maximum Gasteiger partial charge on any atom is 0.492 e. The fraction of sp³-hybridized carbons (Fsp3) is 0.125. The minimum Gasteiger partial charge on any atom is -0.423 e. The summed E-state index contributed by atoms with van der Waals surface area (Å²) in [5.74, 6) is 0. The number of hydrogen-bond acceptors (Lipinski definition) is 3. The minimum absolute atomic E-state index is 0.615. The van der Waals surface area contributed by atoms with Gasteiger partial charge in [0.05, 0.1) is 6.07 Å². The molecule has 1 heterocycles. The van der Waals surface area contributed by atoms with Gasteiger partial charge in [-0.25, -0.2) is 0 Å². The van der Waals surface area contributed by atoms with Crippen LogP contribution in [-0.2, 0) is 4.65 Å². The van der Waals surface area contributed by atoms with Gasteiger partial charge in [0.25, 0.3) is 0 Å². The first kappa shape index (κ1) is 7.35. The summed E-state index contributed by atoms with van der Waals surface area (Å²) in [4.78, 5) is 0. The Morgan fingerprint density at radius 3 is 3.00 bits per heavy atom. The van der Waals surface area contributed by atoms with Gasteiger partial charge in [0.2, 0.25) is 0 Å². The van der Waals surface area contributed by atoms with Crippen LogP contribution in [0.3, 0.4) is 0 Å². The Bertz CT molecular complexity index is 347. The number of nitriles is 1. The van der Waals surface area contributed by atoms with E-state index in [0.717, 1.165) is 5.56 Å². The average molecular weight is 159 g/mol. The molecule has 1 aromatic rings. The molecule has 1 N–H and O–H groups in total. The van der Waals surface area contributed by atoms with Crippen molar-refractivity contribution < 1.29 is 9.68 Å². The van der Waals surface area contributed by atoms with Crippen LogP contribution in [0.2, 0.25) is 0 Å². The molecule has 12 heavy (non-hydrogen) atoms. The molecular weight excluding hydrogens is 153 g/mol. The molecule has 0 spiro atoms. The first-order chi connectivity index (χ1) is 5.83. The molecule has 0 fully saturated rings. The maximum atomic E-state index is 9.31. The van der Waals surface area contributed by atoms with Crippen LogP contribution in [0.4, 0.5) is 0 Å². The van der Waals surface area contributed by atoms with Gasteiger partial charge in [0.1, 0.15) is 0 Å². The molecule has 0 amide bonds. The Labute approximate surface area is 70.3 Å². The summed E-state index contributed by atoms with van der Waals surface area (Å²) >= 11 is 0. The van der Waals surface area contributed by atoms with Gasteiger partial charge >= 0.3 is 7.12 Å². The van der Waals surface area contributed by atoms with Crippen molar-refractivity contribution in [3.05, 3.63) is 29.8 Å². The van der Waals surface area contributed by atoms with Crippen LogP contribution in [0, 0.1) is 11.3 Å². The molecule has 0 saturated heterocycles. The lowest BCUT2D eigenvalue weighted by atomic mass is 9.79. The number of benzene rings is 1. The number of nitrogens with zero attached hydrogens (tertiary/aromatic N) is 1. The second kappa shape index (κ2) is 2.63. The van der Waals surface area contributed by atoms with E-state index in [4.69, 9.17) is 9.92 Å². The van der Waals surface area contributed by atoms with Crippen LogP contribution in [0.15, 0.2) is 24.3 Å². The Balaban J connectivity index is 2.52. The molecule has 2 rings (SSSR count). The van der Waals surface area contributed by atoms with E-state index in [0.29, 0.717) is 5.46 Å². The lowest BCUT2D eigenvalue weighted by Crippen LogP contribution is -2.27. The molecule has 0 aliphatic carbocycles. The van der Waals surface area contributed by atoms with Crippen LogP contribution in [0.5, 0.6) is 0 Å². The highest BCUT2D eigenvalue weighted by molar-refractivity contribution is 6.61. The average Bonchev–Trinajstić information content (AvgIpc) is 2.44. The Morgan fingerprint density at radius 1 is 1.50 bits per heavy atom. The number of rotatable bonds is 0. The lowest BCUT2D eigenvalue weighted by Gasteiger charge is -1.98. The SMILES string of the molecule is N#C[C@H]1OB(O)c2ccccc21. The molecule has 0 aromatic heterocycles. The highest BCUT2D eigenvalue weighted by Crippen LogP contribution is 2.21. The van der Waals surface area contributed by atoms with E-state index in [2.05, 4.69) is 0 Å². The summed E-state index contributed by atoms with van der Waals surface area (Å²) in [5, 5.41) is 18.0. The van der Waals surface area contributed by atoms with Crippen LogP contribution >= 0.6 is 0 Å². The van der Waals surface area contributed by atoms with Crippen LogP contribution in [0.25, 0.3) is 0 Å². The van der Waals surface area contributed by atoms with Crippen molar-refractivity contribution in [2.75, 3.05) is 0 Å². The van der Waals surface area contributed by atoms with Gasteiger partial charge < -0.3 is 9.68 Å². The van der Waals surface area contributed by atoms with Gasteiger partial charge in [-0.1, -0.05) is 24.3 Å². The highest BCUT2D eigenvalue weighted by atomic mass is 16.5. The number of hydrogen-bond donors (Lipinski definition) is 1. The first-order valence-electron chi connectivity index (χ1n) is 3.65. The van der Waals surface area contributed by atoms with Gasteiger partial charge in [0.15, 0.2) is 6.10 Å². The van der Waals surface area contributed by atoms with Crippen molar-refractivity contribution in [3.63, 3.8) is 0 Å². The molecule has 0 unspecified atom stereocenters. The van der Waals surface area contributed by atoms with E-state index in [1.165, 1.54) is 0 Å². The molecule has 0 bridgehead atoms. The molecule has 1 aliphatic heterocycles. The summed E-state index contributed by atoms with van der Waals surface area (Å²) in [6.45, 7) is 0. The quantitative estimate of drug-likeness (QED) is 0.540. The van der Waals surface area contributed by atoms with E-state index in [-0.39, 0.29) is 0 Å². The van der Waals surface area contributed by atoms with E-state index in [1.54, 1.807) is 12.1 Å². The third-order valence-corrected chi connectivity index (χ3v) is 1.93. The van der Waals surface area contributed by atoms with Crippen molar-refractivity contribution in [2.24, 2.45) is 0 Å². The predicted octanol–water partition coefficient (Wildman–Crippen LogP) is -0.0310. The zero-order valence-corrected chi connectivity index (χ0v) is 6.27. The summed E-state index contributed by atoms with van der Waals surface area (Å²) in [5.41, 5.74) is 1.47. The van der Waals surface area contributed by atoms with E-state index in [1.807, 2.05) is 18.2 Å². The fourth-order valence-electron chi connectivity index (χ4n) is 1.35. The monoisotopic (exact) mass is 159 g/mol. The van der Waals surface area contributed by atoms with Gasteiger partial charge in [-0.3, -0.25) is 0 Å². The minimum atomic E-state index is -0.939. The molecule has 0 radical (unpaired) electrons. The molecular formula is C8H6BNO2. The Kier molecular flexibility index (Phi) is 1.61. The van der Waals surface area contributed by atoms with Gasteiger partial charge in [-0.2, -0.15) is 5.26 Å². The summed E-state index contributed by atoms with van der Waals surface area (Å²) < 4.78 is 4.98. The first-order valence-corrected chi connectivity index (χ1v) is 3.65. The zero-order chi connectivity index (χ0) is 8.55. The fourth-order valence-corrected chi connectivity index (χ4v) is 1.35. The zero-order valence-electron chi connectivity index (χ0n) is 6.27. The standard InChI is InChI=1S/C8H6BNO2/c10-5-8-6-3-1-2-4-7(6)9(11)12-8/h1-4,8,11H/t8-/m1/s1. The molecule has 1 atom stereocenters.